The summed E-state index contributed by atoms with van der Waals surface area (Å²) in [7, 11) is 1.64. The first-order chi connectivity index (χ1) is 15.4. The monoisotopic (exact) mass is 454 g/mol. The number of hydrogen-bond acceptors (Lipinski definition) is 6. The van der Waals surface area contributed by atoms with Crippen LogP contribution in [0.15, 0.2) is 41.5 Å². The van der Waals surface area contributed by atoms with E-state index in [1.54, 1.807) is 38.5 Å². The van der Waals surface area contributed by atoms with Gasteiger partial charge in [0.1, 0.15) is 23.6 Å². The van der Waals surface area contributed by atoms with E-state index in [0.29, 0.717) is 36.9 Å². The average Bonchev–Trinajstić information content (AvgIpc) is 3.32. The Morgan fingerprint density at radius 2 is 2.12 bits per heavy atom. The molecular weight excluding hydrogens is 435 g/mol. The molecule has 1 N–H and O–H groups in total. The molecule has 1 aliphatic rings. The molecule has 1 fully saturated rings. The van der Waals surface area contributed by atoms with E-state index < -0.39 is 5.82 Å². The summed E-state index contributed by atoms with van der Waals surface area (Å²) >= 11 is 5.95. The van der Waals surface area contributed by atoms with Gasteiger partial charge in [-0.2, -0.15) is 5.10 Å². The van der Waals surface area contributed by atoms with Crippen molar-refractivity contribution in [1.29, 1.82) is 0 Å². The van der Waals surface area contributed by atoms with Crippen molar-refractivity contribution in [2.24, 2.45) is 7.05 Å². The number of nitrogens with one attached hydrogen (secondary N) is 1. The summed E-state index contributed by atoms with van der Waals surface area (Å²) in [6, 6.07) is 6.11. The Kier molecular flexibility index (Phi) is 5.15. The fourth-order valence-electron chi connectivity index (χ4n) is 3.92. The zero-order valence-electron chi connectivity index (χ0n) is 17.5. The van der Waals surface area contributed by atoms with Gasteiger partial charge in [-0.3, -0.25) is 14.5 Å². The molecule has 0 bridgehead atoms. The molecule has 0 unspecified atom stereocenters. The van der Waals surface area contributed by atoms with Gasteiger partial charge in [-0.05, 0) is 25.1 Å². The molecular formula is C22H20ClFN6O2. The molecule has 32 heavy (non-hydrogen) atoms. The molecule has 1 saturated heterocycles. The van der Waals surface area contributed by atoms with E-state index in [2.05, 4.69) is 15.2 Å². The zero-order chi connectivity index (χ0) is 22.4. The lowest BCUT2D eigenvalue weighted by atomic mass is 10.1. The molecule has 164 valence electrons. The number of fused-ring (bicyclic) bond motifs is 1. The molecule has 0 radical (unpaired) electrons. The fourth-order valence-corrected chi connectivity index (χ4v) is 4.07. The highest BCUT2D eigenvalue weighted by atomic mass is 35.5. The summed E-state index contributed by atoms with van der Waals surface area (Å²) in [6.45, 7) is 3.38. The number of anilines is 1. The van der Waals surface area contributed by atoms with Crippen LogP contribution < -0.4 is 10.5 Å². The Labute approximate surface area is 187 Å². The van der Waals surface area contributed by atoms with Crippen LogP contribution in [0.1, 0.15) is 17.5 Å². The van der Waals surface area contributed by atoms with Gasteiger partial charge in [0.15, 0.2) is 0 Å². The predicted octanol–water partition coefficient (Wildman–Crippen LogP) is 3.40. The molecule has 0 amide bonds. The van der Waals surface area contributed by atoms with Gasteiger partial charge >= 0.3 is 0 Å². The predicted molar refractivity (Wildman–Crippen MR) is 119 cm³/mol. The van der Waals surface area contributed by atoms with Crippen molar-refractivity contribution in [2.45, 2.75) is 13.0 Å². The number of nitrogens with zero attached hydrogens (tertiary/aromatic N) is 5. The second kappa shape index (κ2) is 7.99. The molecule has 3 aromatic heterocycles. The highest BCUT2D eigenvalue weighted by Crippen LogP contribution is 2.32. The SMILES string of the molecule is Cc1nc2cc(N3CCO[C@@H](c4cn[nH]c4)C3)nc(-c3ccc(Cl)cc3F)c2c(=O)n1C. The maximum Gasteiger partial charge on any atom is 0.263 e. The van der Waals surface area contributed by atoms with E-state index in [-0.39, 0.29) is 33.3 Å². The summed E-state index contributed by atoms with van der Waals surface area (Å²) < 4.78 is 22.2. The van der Waals surface area contributed by atoms with Gasteiger partial charge in [0, 0.05) is 48.5 Å². The highest BCUT2D eigenvalue weighted by Gasteiger charge is 2.26. The maximum absolute atomic E-state index is 14.9. The highest BCUT2D eigenvalue weighted by molar-refractivity contribution is 6.30. The van der Waals surface area contributed by atoms with Gasteiger partial charge in [-0.25, -0.2) is 14.4 Å². The van der Waals surface area contributed by atoms with E-state index >= 15 is 0 Å². The standard InChI is InChI=1S/C22H20ClFN6O2/c1-12-27-17-8-19(30-5-6-32-18(11-30)13-9-25-26-10-13)28-21(20(17)22(31)29(12)2)15-4-3-14(23)7-16(15)24/h3-4,7-10,18H,5-6,11H2,1-2H3,(H,25,26)/t18-/m1/s1. The fraction of sp³-hybridized carbons (Fsp3) is 0.273. The number of aryl methyl sites for hydroxylation is 1. The summed E-state index contributed by atoms with van der Waals surface area (Å²) in [5.74, 6) is 0.601. The van der Waals surface area contributed by atoms with Crippen LogP contribution in [0.25, 0.3) is 22.2 Å². The number of ether oxygens (including phenoxy) is 1. The molecule has 1 aliphatic heterocycles. The molecule has 10 heteroatoms. The first-order valence-corrected chi connectivity index (χ1v) is 10.5. The van der Waals surface area contributed by atoms with Crippen molar-refractivity contribution < 1.29 is 9.13 Å². The molecule has 1 atom stereocenters. The van der Waals surface area contributed by atoms with Crippen LogP contribution in [-0.2, 0) is 11.8 Å². The third-order valence-corrected chi connectivity index (χ3v) is 5.97. The Hall–Kier alpha value is -3.30. The van der Waals surface area contributed by atoms with Gasteiger partial charge in [0.25, 0.3) is 5.56 Å². The second-order valence-corrected chi connectivity index (χ2v) is 8.14. The third kappa shape index (κ3) is 3.53. The molecule has 4 heterocycles. The largest absolute Gasteiger partial charge is 0.370 e. The Balaban J connectivity index is 1.69. The van der Waals surface area contributed by atoms with E-state index in [0.717, 1.165) is 5.56 Å². The minimum Gasteiger partial charge on any atom is -0.370 e. The lowest BCUT2D eigenvalue weighted by Gasteiger charge is -2.33. The van der Waals surface area contributed by atoms with Crippen molar-refractivity contribution in [1.82, 2.24) is 24.7 Å². The molecule has 0 aliphatic carbocycles. The van der Waals surface area contributed by atoms with Crippen molar-refractivity contribution >= 4 is 28.3 Å². The number of aromatic nitrogens is 5. The van der Waals surface area contributed by atoms with Gasteiger partial charge in [0.2, 0.25) is 0 Å². The van der Waals surface area contributed by atoms with E-state index in [9.17, 15) is 9.18 Å². The number of pyridine rings is 1. The van der Waals surface area contributed by atoms with Crippen molar-refractivity contribution in [3.63, 3.8) is 0 Å². The minimum atomic E-state index is -0.552. The van der Waals surface area contributed by atoms with E-state index in [1.807, 2.05) is 4.90 Å². The molecule has 5 rings (SSSR count). The summed E-state index contributed by atoms with van der Waals surface area (Å²) in [5, 5.41) is 7.33. The number of H-pyrrole nitrogens is 1. The first kappa shape index (κ1) is 20.6. The molecule has 0 saturated carbocycles. The van der Waals surface area contributed by atoms with Gasteiger partial charge in [-0.15, -0.1) is 0 Å². The number of benzene rings is 1. The summed E-state index contributed by atoms with van der Waals surface area (Å²) in [6.07, 6.45) is 3.34. The van der Waals surface area contributed by atoms with Crippen LogP contribution in [0, 0.1) is 12.7 Å². The van der Waals surface area contributed by atoms with Crippen LogP contribution in [0.5, 0.6) is 0 Å². The normalized spacial score (nSPS) is 16.6. The van der Waals surface area contributed by atoms with Crippen LogP contribution in [0.3, 0.4) is 0 Å². The van der Waals surface area contributed by atoms with E-state index in [4.69, 9.17) is 21.3 Å². The Morgan fingerprint density at radius 1 is 1.28 bits per heavy atom. The van der Waals surface area contributed by atoms with Crippen molar-refractivity contribution in [2.75, 3.05) is 24.6 Å². The zero-order valence-corrected chi connectivity index (χ0v) is 18.2. The van der Waals surface area contributed by atoms with Gasteiger partial charge in [-0.1, -0.05) is 11.6 Å². The quantitative estimate of drug-likeness (QED) is 0.510. The number of hydrogen-bond donors (Lipinski definition) is 1. The van der Waals surface area contributed by atoms with Crippen LogP contribution in [0.4, 0.5) is 10.2 Å². The molecule has 0 spiro atoms. The number of aromatic amines is 1. The van der Waals surface area contributed by atoms with Crippen molar-refractivity contribution in [3.05, 3.63) is 69.2 Å². The van der Waals surface area contributed by atoms with Gasteiger partial charge in [0.05, 0.1) is 29.4 Å². The molecule has 8 nitrogen and oxygen atoms in total. The summed E-state index contributed by atoms with van der Waals surface area (Å²) in [5.41, 5.74) is 1.55. The maximum atomic E-state index is 14.9. The first-order valence-electron chi connectivity index (χ1n) is 10.1. The molecule has 4 aromatic rings. The smallest absolute Gasteiger partial charge is 0.263 e. The Morgan fingerprint density at radius 3 is 2.88 bits per heavy atom. The van der Waals surface area contributed by atoms with E-state index in [1.165, 1.54) is 16.7 Å². The van der Waals surface area contributed by atoms with Crippen LogP contribution in [0.2, 0.25) is 5.02 Å². The topological polar surface area (TPSA) is 88.9 Å². The molecule has 1 aromatic carbocycles. The Bertz CT molecular complexity index is 1370. The number of halogens is 2. The van der Waals surface area contributed by atoms with Crippen molar-refractivity contribution in [3.8, 4) is 11.3 Å². The lowest BCUT2D eigenvalue weighted by molar-refractivity contribution is 0.0395. The third-order valence-electron chi connectivity index (χ3n) is 5.74. The number of rotatable bonds is 3. The average molecular weight is 455 g/mol. The minimum absolute atomic E-state index is 0.186. The number of morpholine rings is 1. The second-order valence-electron chi connectivity index (χ2n) is 7.71. The van der Waals surface area contributed by atoms with Crippen LogP contribution in [-0.4, -0.2) is 44.4 Å². The van der Waals surface area contributed by atoms with Gasteiger partial charge < -0.3 is 9.64 Å². The van der Waals surface area contributed by atoms with Crippen LogP contribution >= 0.6 is 11.6 Å². The summed E-state index contributed by atoms with van der Waals surface area (Å²) in [4.78, 5) is 24.5. The lowest BCUT2D eigenvalue weighted by Crippen LogP contribution is -2.39.